The first-order chi connectivity index (χ1) is 10.6. The van der Waals surface area contributed by atoms with Gasteiger partial charge in [0.2, 0.25) is 12.3 Å². The van der Waals surface area contributed by atoms with Crippen LogP contribution in [0, 0.1) is 47.1 Å². The fraction of sp³-hybridized carbons (Fsp3) is 0.250. The molecule has 112 valence electrons. The number of nitrogens with zero attached hydrogens (tertiary/aromatic N) is 1. The maximum absolute atomic E-state index is 10.7. The standard InChI is InChI=1S/C16H13NO5/c1-4-7-20-14-10-13(12-17(18)19)11-15(21-8-5-2)16(14)22-9-6-3/h1-3,10-11H,7-9,12H2. The third-order valence-electron chi connectivity index (χ3n) is 2.31. The maximum Gasteiger partial charge on any atom is 0.229 e. The minimum atomic E-state index is -0.479. The minimum absolute atomic E-state index is 0.0343. The molecule has 0 aliphatic rings. The summed E-state index contributed by atoms with van der Waals surface area (Å²) in [6, 6.07) is 2.91. The summed E-state index contributed by atoms with van der Waals surface area (Å²) >= 11 is 0. The zero-order valence-corrected chi connectivity index (χ0v) is 11.7. The molecule has 0 fully saturated rings. The summed E-state index contributed by atoms with van der Waals surface area (Å²) in [6.45, 7) is -0.520. The molecule has 0 atom stereocenters. The molecule has 22 heavy (non-hydrogen) atoms. The van der Waals surface area contributed by atoms with Gasteiger partial charge in [-0.3, -0.25) is 10.1 Å². The minimum Gasteiger partial charge on any atom is -0.477 e. The van der Waals surface area contributed by atoms with Crippen LogP contribution in [0.25, 0.3) is 0 Å². The van der Waals surface area contributed by atoms with E-state index in [0.717, 1.165) is 0 Å². The molecule has 0 aromatic heterocycles. The Morgan fingerprint density at radius 2 is 1.41 bits per heavy atom. The normalized spacial score (nSPS) is 8.95. The van der Waals surface area contributed by atoms with Crippen molar-refractivity contribution in [1.82, 2.24) is 0 Å². The number of rotatable bonds is 8. The lowest BCUT2D eigenvalue weighted by Crippen LogP contribution is -2.06. The Bertz CT molecular complexity index is 622. The van der Waals surface area contributed by atoms with Crippen molar-refractivity contribution in [3.05, 3.63) is 27.8 Å². The molecule has 6 nitrogen and oxygen atoms in total. The SMILES string of the molecule is C#CCOc1cc(C[N+](=O)[O-])cc(OCC#C)c1OCC#C. The summed E-state index contributed by atoms with van der Waals surface area (Å²) in [4.78, 5) is 10.2. The molecule has 1 aromatic rings. The number of ether oxygens (including phenoxy) is 3. The highest BCUT2D eigenvalue weighted by atomic mass is 16.6. The van der Waals surface area contributed by atoms with Crippen LogP contribution in [-0.4, -0.2) is 24.7 Å². The van der Waals surface area contributed by atoms with Gasteiger partial charge in [0.15, 0.2) is 11.5 Å². The van der Waals surface area contributed by atoms with E-state index in [9.17, 15) is 10.1 Å². The van der Waals surface area contributed by atoms with E-state index < -0.39 is 11.5 Å². The zero-order valence-electron chi connectivity index (χ0n) is 11.7. The molecule has 0 aliphatic heterocycles. The van der Waals surface area contributed by atoms with Gasteiger partial charge < -0.3 is 14.2 Å². The maximum atomic E-state index is 10.7. The number of hydrogen-bond acceptors (Lipinski definition) is 5. The molecule has 1 aromatic carbocycles. The van der Waals surface area contributed by atoms with Crippen LogP contribution in [0.5, 0.6) is 17.2 Å². The van der Waals surface area contributed by atoms with E-state index in [0.29, 0.717) is 5.56 Å². The van der Waals surface area contributed by atoms with Crippen molar-refractivity contribution in [2.45, 2.75) is 6.54 Å². The Balaban J connectivity index is 3.26. The van der Waals surface area contributed by atoms with Crippen molar-refractivity contribution in [1.29, 1.82) is 0 Å². The van der Waals surface area contributed by atoms with Gasteiger partial charge in [0.1, 0.15) is 19.8 Å². The van der Waals surface area contributed by atoms with E-state index >= 15 is 0 Å². The summed E-state index contributed by atoms with van der Waals surface area (Å²) in [5, 5.41) is 10.7. The van der Waals surface area contributed by atoms with Crippen LogP contribution < -0.4 is 14.2 Å². The van der Waals surface area contributed by atoms with Crippen LogP contribution in [-0.2, 0) is 6.54 Å². The quantitative estimate of drug-likeness (QED) is 0.413. The monoisotopic (exact) mass is 299 g/mol. The van der Waals surface area contributed by atoms with E-state index in [1.54, 1.807) is 0 Å². The van der Waals surface area contributed by atoms with Crippen molar-refractivity contribution in [2.24, 2.45) is 0 Å². The molecule has 0 aliphatic carbocycles. The van der Waals surface area contributed by atoms with Gasteiger partial charge in [-0.25, -0.2) is 0 Å². The molecule has 0 radical (unpaired) electrons. The molecule has 0 heterocycles. The van der Waals surface area contributed by atoms with Gasteiger partial charge in [-0.2, -0.15) is 0 Å². The van der Waals surface area contributed by atoms with Crippen LogP contribution in [0.2, 0.25) is 0 Å². The summed E-state index contributed by atoms with van der Waals surface area (Å²) in [5.74, 6) is 7.52. The highest BCUT2D eigenvalue weighted by molar-refractivity contribution is 5.54. The molecule has 0 bridgehead atoms. The third-order valence-corrected chi connectivity index (χ3v) is 2.31. The van der Waals surface area contributed by atoms with Gasteiger partial charge in [-0.15, -0.1) is 19.3 Å². The van der Waals surface area contributed by atoms with Crippen LogP contribution in [0.4, 0.5) is 0 Å². The first-order valence-corrected chi connectivity index (χ1v) is 6.09. The smallest absolute Gasteiger partial charge is 0.229 e. The molecule has 0 amide bonds. The van der Waals surface area contributed by atoms with Crippen molar-refractivity contribution in [2.75, 3.05) is 19.8 Å². The van der Waals surface area contributed by atoms with Crippen LogP contribution in [0.3, 0.4) is 0 Å². The zero-order chi connectivity index (χ0) is 16.4. The van der Waals surface area contributed by atoms with Crippen molar-refractivity contribution >= 4 is 0 Å². The number of nitro groups is 1. The number of benzene rings is 1. The van der Waals surface area contributed by atoms with Gasteiger partial charge in [0, 0.05) is 10.5 Å². The van der Waals surface area contributed by atoms with E-state index in [2.05, 4.69) is 17.8 Å². The Morgan fingerprint density at radius 3 is 1.82 bits per heavy atom. The predicted octanol–water partition coefficient (Wildman–Crippen LogP) is 1.50. The number of hydrogen-bond donors (Lipinski definition) is 0. The van der Waals surface area contributed by atoms with Gasteiger partial charge in [0.25, 0.3) is 0 Å². The second-order valence-electron chi connectivity index (χ2n) is 3.89. The lowest BCUT2D eigenvalue weighted by atomic mass is 10.2. The molecule has 0 saturated heterocycles. The van der Waals surface area contributed by atoms with Crippen molar-refractivity contribution in [3.63, 3.8) is 0 Å². The fourth-order valence-electron chi connectivity index (χ4n) is 1.58. The second-order valence-corrected chi connectivity index (χ2v) is 3.89. The second kappa shape index (κ2) is 8.79. The van der Waals surface area contributed by atoms with E-state index in [4.69, 9.17) is 33.5 Å². The van der Waals surface area contributed by atoms with Crippen LogP contribution in [0.15, 0.2) is 12.1 Å². The predicted molar refractivity (Wildman–Crippen MR) is 80.1 cm³/mol. The van der Waals surface area contributed by atoms with Crippen LogP contribution in [0.1, 0.15) is 5.56 Å². The Kier molecular flexibility index (Phi) is 6.69. The van der Waals surface area contributed by atoms with E-state index in [-0.39, 0.29) is 37.1 Å². The van der Waals surface area contributed by atoms with Gasteiger partial charge in [-0.1, -0.05) is 17.8 Å². The first-order valence-electron chi connectivity index (χ1n) is 6.09. The fourth-order valence-corrected chi connectivity index (χ4v) is 1.58. The van der Waals surface area contributed by atoms with Crippen molar-refractivity contribution < 1.29 is 19.1 Å². The Morgan fingerprint density at radius 1 is 0.955 bits per heavy atom. The molecular weight excluding hydrogens is 286 g/mol. The molecule has 0 spiro atoms. The Hall–Kier alpha value is -3.30. The molecule has 6 heteroatoms. The van der Waals surface area contributed by atoms with E-state index in [1.165, 1.54) is 12.1 Å². The lowest BCUT2D eigenvalue weighted by Gasteiger charge is -2.15. The molecule has 0 unspecified atom stereocenters. The van der Waals surface area contributed by atoms with E-state index in [1.807, 2.05) is 0 Å². The molecular formula is C16H13NO5. The average Bonchev–Trinajstić information content (AvgIpc) is 2.48. The van der Waals surface area contributed by atoms with Crippen molar-refractivity contribution in [3.8, 4) is 54.3 Å². The highest BCUT2D eigenvalue weighted by Crippen LogP contribution is 2.39. The van der Waals surface area contributed by atoms with Gasteiger partial charge in [-0.05, 0) is 12.1 Å². The average molecular weight is 299 g/mol. The largest absolute Gasteiger partial charge is 0.477 e. The first kappa shape index (κ1) is 16.8. The van der Waals surface area contributed by atoms with Gasteiger partial charge in [0.05, 0.1) is 0 Å². The summed E-state index contributed by atoms with van der Waals surface area (Å²) in [5.41, 5.74) is 0.358. The third kappa shape index (κ3) is 5.00. The summed E-state index contributed by atoms with van der Waals surface area (Å²) in [6.07, 6.45) is 15.5. The Labute approximate surface area is 128 Å². The molecule has 0 saturated carbocycles. The highest BCUT2D eigenvalue weighted by Gasteiger charge is 2.17. The summed E-state index contributed by atoms with van der Waals surface area (Å²) in [7, 11) is 0. The topological polar surface area (TPSA) is 70.8 Å². The molecule has 1 rings (SSSR count). The van der Waals surface area contributed by atoms with Crippen LogP contribution >= 0.6 is 0 Å². The molecule has 0 N–H and O–H groups in total. The lowest BCUT2D eigenvalue weighted by molar-refractivity contribution is -0.496. The van der Waals surface area contributed by atoms with Gasteiger partial charge >= 0.3 is 0 Å². The number of terminal acetylenes is 3. The summed E-state index contributed by atoms with van der Waals surface area (Å²) < 4.78 is 16.1.